The number of alkyl halides is 3. The quantitative estimate of drug-likeness (QED) is 0.790. The van der Waals surface area contributed by atoms with E-state index in [1.54, 1.807) is 0 Å². The molecule has 0 aliphatic heterocycles. The first-order valence-electron chi connectivity index (χ1n) is 6.69. The van der Waals surface area contributed by atoms with Crippen molar-refractivity contribution >= 4 is 17.3 Å². The number of hydrogen-bond acceptors (Lipinski definition) is 2. The summed E-state index contributed by atoms with van der Waals surface area (Å²) in [4.78, 5) is 0. The van der Waals surface area contributed by atoms with Gasteiger partial charge in [-0.1, -0.05) is 30.9 Å². The fourth-order valence-corrected chi connectivity index (χ4v) is 2.64. The third kappa shape index (κ3) is 3.79. The van der Waals surface area contributed by atoms with Crippen LogP contribution in [0.5, 0.6) is 0 Å². The number of benzene rings is 1. The maximum atomic E-state index is 12.7. The summed E-state index contributed by atoms with van der Waals surface area (Å²) >= 11 is 5.94. The molecule has 2 unspecified atom stereocenters. The SMILES string of the molecule is OC1CCCCCC1Nc1cc(C(F)(F)F)ccc1Cl. The Morgan fingerprint density at radius 1 is 1.15 bits per heavy atom. The highest BCUT2D eigenvalue weighted by Gasteiger charge is 2.31. The first-order valence-corrected chi connectivity index (χ1v) is 7.07. The van der Waals surface area contributed by atoms with Crippen molar-refractivity contribution in [2.24, 2.45) is 0 Å². The van der Waals surface area contributed by atoms with Crippen LogP contribution in [0.1, 0.15) is 37.7 Å². The van der Waals surface area contributed by atoms with Gasteiger partial charge in [0.25, 0.3) is 0 Å². The van der Waals surface area contributed by atoms with Gasteiger partial charge < -0.3 is 10.4 Å². The summed E-state index contributed by atoms with van der Waals surface area (Å²) in [5.74, 6) is 0. The molecule has 0 radical (unpaired) electrons. The number of aliphatic hydroxyl groups is 1. The van der Waals surface area contributed by atoms with E-state index in [2.05, 4.69) is 5.32 Å². The van der Waals surface area contributed by atoms with E-state index in [9.17, 15) is 18.3 Å². The Morgan fingerprint density at radius 2 is 1.85 bits per heavy atom. The molecule has 0 saturated heterocycles. The van der Waals surface area contributed by atoms with E-state index >= 15 is 0 Å². The molecule has 0 bridgehead atoms. The molecule has 0 spiro atoms. The van der Waals surface area contributed by atoms with E-state index in [0.29, 0.717) is 6.42 Å². The van der Waals surface area contributed by atoms with Gasteiger partial charge in [0.2, 0.25) is 0 Å². The standard InChI is InChI=1S/C14H17ClF3NO/c15-10-7-6-9(14(16,17)18)8-12(10)19-11-4-2-1-3-5-13(11)20/h6-8,11,13,19-20H,1-5H2. The lowest BCUT2D eigenvalue weighted by Crippen LogP contribution is -2.32. The molecule has 0 aromatic heterocycles. The summed E-state index contributed by atoms with van der Waals surface area (Å²) in [7, 11) is 0. The van der Waals surface area contributed by atoms with Gasteiger partial charge >= 0.3 is 6.18 Å². The van der Waals surface area contributed by atoms with Crippen LogP contribution >= 0.6 is 11.6 Å². The van der Waals surface area contributed by atoms with Crippen LogP contribution in [0.2, 0.25) is 5.02 Å². The first-order chi connectivity index (χ1) is 9.38. The molecule has 2 rings (SSSR count). The molecule has 2 N–H and O–H groups in total. The number of aliphatic hydroxyl groups excluding tert-OH is 1. The highest BCUT2D eigenvalue weighted by molar-refractivity contribution is 6.33. The van der Waals surface area contributed by atoms with E-state index in [-0.39, 0.29) is 16.8 Å². The normalized spacial score (nSPS) is 24.2. The van der Waals surface area contributed by atoms with E-state index in [1.165, 1.54) is 6.07 Å². The van der Waals surface area contributed by atoms with Gasteiger partial charge in [-0.25, -0.2) is 0 Å². The molecule has 1 saturated carbocycles. The minimum atomic E-state index is -4.40. The van der Waals surface area contributed by atoms with E-state index in [1.807, 2.05) is 0 Å². The molecule has 1 fully saturated rings. The summed E-state index contributed by atoms with van der Waals surface area (Å²) in [6.07, 6.45) is -0.638. The van der Waals surface area contributed by atoms with Crippen molar-refractivity contribution in [3.63, 3.8) is 0 Å². The summed E-state index contributed by atoms with van der Waals surface area (Å²) in [5.41, 5.74) is -0.514. The van der Waals surface area contributed by atoms with Crippen molar-refractivity contribution in [3.05, 3.63) is 28.8 Å². The molecule has 1 aliphatic rings. The third-order valence-electron chi connectivity index (χ3n) is 3.61. The smallest absolute Gasteiger partial charge is 0.391 e. The molecule has 0 amide bonds. The molecule has 1 aromatic carbocycles. The Morgan fingerprint density at radius 3 is 2.55 bits per heavy atom. The van der Waals surface area contributed by atoms with Gasteiger partial charge in [-0.05, 0) is 31.0 Å². The van der Waals surface area contributed by atoms with Gasteiger partial charge in [-0.15, -0.1) is 0 Å². The predicted octanol–water partition coefficient (Wildman–Crippen LogP) is 4.46. The van der Waals surface area contributed by atoms with Gasteiger partial charge in [0.05, 0.1) is 28.4 Å². The topological polar surface area (TPSA) is 32.3 Å². The van der Waals surface area contributed by atoms with Crippen LogP contribution < -0.4 is 5.32 Å². The highest BCUT2D eigenvalue weighted by Crippen LogP contribution is 2.34. The zero-order valence-corrected chi connectivity index (χ0v) is 11.6. The van der Waals surface area contributed by atoms with Gasteiger partial charge in [0.1, 0.15) is 0 Å². The molecular weight excluding hydrogens is 291 g/mol. The molecule has 2 atom stereocenters. The molecule has 2 nitrogen and oxygen atoms in total. The fraction of sp³-hybridized carbons (Fsp3) is 0.571. The molecule has 20 heavy (non-hydrogen) atoms. The second-order valence-electron chi connectivity index (χ2n) is 5.15. The molecule has 112 valence electrons. The molecular formula is C14H17ClF3NO. The zero-order chi connectivity index (χ0) is 14.8. The van der Waals surface area contributed by atoms with Gasteiger partial charge in [-0.2, -0.15) is 13.2 Å². The van der Waals surface area contributed by atoms with E-state index in [4.69, 9.17) is 11.6 Å². The van der Waals surface area contributed by atoms with E-state index in [0.717, 1.165) is 37.8 Å². The Labute approximate surface area is 120 Å². The van der Waals surface area contributed by atoms with E-state index < -0.39 is 17.8 Å². The monoisotopic (exact) mass is 307 g/mol. The van der Waals surface area contributed by atoms with Crippen LogP contribution in [-0.2, 0) is 6.18 Å². The van der Waals surface area contributed by atoms with Crippen molar-refractivity contribution in [1.82, 2.24) is 0 Å². The summed E-state index contributed by atoms with van der Waals surface area (Å²) < 4.78 is 38.1. The zero-order valence-electron chi connectivity index (χ0n) is 10.9. The average molecular weight is 308 g/mol. The Bertz CT molecular complexity index is 464. The Balaban J connectivity index is 2.19. The highest BCUT2D eigenvalue weighted by atomic mass is 35.5. The van der Waals surface area contributed by atoms with Crippen LogP contribution in [0.4, 0.5) is 18.9 Å². The van der Waals surface area contributed by atoms with Gasteiger partial charge in [0.15, 0.2) is 0 Å². The Kier molecular flexibility index (Phi) is 4.81. The molecule has 1 aliphatic carbocycles. The van der Waals surface area contributed by atoms with Crippen molar-refractivity contribution in [1.29, 1.82) is 0 Å². The summed E-state index contributed by atoms with van der Waals surface area (Å²) in [6.45, 7) is 0. The van der Waals surface area contributed by atoms with Crippen molar-refractivity contribution in [2.45, 2.75) is 50.4 Å². The second kappa shape index (κ2) is 6.22. The van der Waals surface area contributed by atoms with Gasteiger partial charge in [0, 0.05) is 0 Å². The summed E-state index contributed by atoms with van der Waals surface area (Å²) in [6, 6.07) is 2.94. The average Bonchev–Trinajstić information content (AvgIpc) is 2.56. The lowest BCUT2D eigenvalue weighted by molar-refractivity contribution is -0.137. The largest absolute Gasteiger partial charge is 0.416 e. The van der Waals surface area contributed by atoms with Crippen LogP contribution in [-0.4, -0.2) is 17.3 Å². The predicted molar refractivity (Wildman–Crippen MR) is 73.0 cm³/mol. The molecule has 1 aromatic rings. The van der Waals surface area contributed by atoms with Gasteiger partial charge in [-0.3, -0.25) is 0 Å². The lowest BCUT2D eigenvalue weighted by Gasteiger charge is -2.24. The number of hydrogen-bond donors (Lipinski definition) is 2. The van der Waals surface area contributed by atoms with Crippen molar-refractivity contribution in [2.75, 3.05) is 5.32 Å². The number of rotatable bonds is 2. The number of nitrogens with one attached hydrogen (secondary N) is 1. The molecule has 6 heteroatoms. The van der Waals surface area contributed by atoms with Crippen LogP contribution in [0.15, 0.2) is 18.2 Å². The number of anilines is 1. The molecule has 0 heterocycles. The Hall–Kier alpha value is -0.940. The lowest BCUT2D eigenvalue weighted by atomic mass is 10.1. The maximum Gasteiger partial charge on any atom is 0.416 e. The third-order valence-corrected chi connectivity index (χ3v) is 3.94. The van der Waals surface area contributed by atoms with Crippen LogP contribution in [0, 0.1) is 0 Å². The first kappa shape index (κ1) is 15.4. The fourth-order valence-electron chi connectivity index (χ4n) is 2.47. The maximum absolute atomic E-state index is 12.7. The number of halogens is 4. The second-order valence-corrected chi connectivity index (χ2v) is 5.56. The minimum Gasteiger partial charge on any atom is -0.391 e. The van der Waals surface area contributed by atoms with Crippen LogP contribution in [0.25, 0.3) is 0 Å². The summed E-state index contributed by atoms with van der Waals surface area (Å²) in [5, 5.41) is 13.2. The van der Waals surface area contributed by atoms with Crippen molar-refractivity contribution < 1.29 is 18.3 Å². The van der Waals surface area contributed by atoms with Crippen molar-refractivity contribution in [3.8, 4) is 0 Å². The van der Waals surface area contributed by atoms with Crippen LogP contribution in [0.3, 0.4) is 0 Å². The minimum absolute atomic E-state index is 0.229.